The minimum atomic E-state index is 0.257. The second kappa shape index (κ2) is 7.36. The lowest BCUT2D eigenvalue weighted by atomic mass is 10.0. The summed E-state index contributed by atoms with van der Waals surface area (Å²) in [5.74, 6) is 0.537. The highest BCUT2D eigenvalue weighted by molar-refractivity contribution is 5.78. The molecule has 4 rings (SSSR count). The minimum Gasteiger partial charge on any atom is -0.374 e. The van der Waals surface area contributed by atoms with Crippen LogP contribution in [0.25, 0.3) is 0 Å². The average Bonchev–Trinajstić information content (AvgIpc) is 3.37. The number of likely N-dealkylation sites (tertiary alicyclic amines) is 1. The van der Waals surface area contributed by atoms with Crippen molar-refractivity contribution in [3.8, 4) is 0 Å². The molecule has 1 saturated heterocycles. The molecule has 25 heavy (non-hydrogen) atoms. The molecule has 1 aromatic rings. The zero-order chi connectivity index (χ0) is 17.2. The van der Waals surface area contributed by atoms with Gasteiger partial charge < -0.3 is 10.2 Å². The molecule has 2 heterocycles. The topological polar surface area (TPSA) is 35.6 Å². The van der Waals surface area contributed by atoms with Crippen LogP contribution in [0.2, 0.25) is 0 Å². The summed E-state index contributed by atoms with van der Waals surface area (Å²) in [7, 11) is 2.17. The van der Waals surface area contributed by atoms with Crippen LogP contribution in [0.5, 0.6) is 0 Å². The molecule has 3 aliphatic rings. The lowest BCUT2D eigenvalue weighted by Gasteiger charge is -2.29. The second-order valence-electron chi connectivity index (χ2n) is 8.05. The van der Waals surface area contributed by atoms with Crippen LogP contribution < -0.4 is 10.2 Å². The predicted octanol–water partition coefficient (Wildman–Crippen LogP) is 3.12. The molecule has 0 aromatic heterocycles. The van der Waals surface area contributed by atoms with E-state index in [4.69, 9.17) is 0 Å². The van der Waals surface area contributed by atoms with E-state index in [9.17, 15) is 4.79 Å². The highest BCUT2D eigenvalue weighted by atomic mass is 16.1. The van der Waals surface area contributed by atoms with Gasteiger partial charge in [0, 0.05) is 31.7 Å². The van der Waals surface area contributed by atoms with Gasteiger partial charge in [-0.25, -0.2) is 0 Å². The number of nitrogens with zero attached hydrogens (tertiary/aromatic N) is 2. The number of rotatable bonds is 5. The Kier molecular flexibility index (Phi) is 4.98. The van der Waals surface area contributed by atoms with Gasteiger partial charge in [0.1, 0.15) is 0 Å². The van der Waals surface area contributed by atoms with Gasteiger partial charge in [-0.05, 0) is 62.4 Å². The molecule has 1 amide bonds. The maximum absolute atomic E-state index is 12.5. The normalized spacial score (nSPS) is 22.4. The Morgan fingerprint density at radius 1 is 1.16 bits per heavy atom. The van der Waals surface area contributed by atoms with Gasteiger partial charge in [0.05, 0.1) is 6.04 Å². The van der Waals surface area contributed by atoms with Crippen LogP contribution in [0.4, 0.5) is 5.69 Å². The van der Waals surface area contributed by atoms with Crippen molar-refractivity contribution in [3.05, 3.63) is 29.3 Å². The number of nitrogens with one attached hydrogen (secondary N) is 1. The fraction of sp³-hybridized carbons (Fsp3) is 0.667. The summed E-state index contributed by atoms with van der Waals surface area (Å²) in [4.78, 5) is 17.4. The van der Waals surface area contributed by atoms with Gasteiger partial charge in [0.25, 0.3) is 0 Å². The maximum atomic E-state index is 12.5. The van der Waals surface area contributed by atoms with E-state index >= 15 is 0 Å². The van der Waals surface area contributed by atoms with Gasteiger partial charge in [-0.15, -0.1) is 0 Å². The highest BCUT2D eigenvalue weighted by Crippen LogP contribution is 2.32. The van der Waals surface area contributed by atoms with Crippen LogP contribution in [0, 0.1) is 5.92 Å². The molecule has 1 aliphatic carbocycles. The van der Waals surface area contributed by atoms with Crippen LogP contribution in [-0.2, 0) is 11.2 Å². The van der Waals surface area contributed by atoms with E-state index in [1.165, 1.54) is 42.5 Å². The molecule has 2 aliphatic heterocycles. The zero-order valence-corrected chi connectivity index (χ0v) is 15.5. The summed E-state index contributed by atoms with van der Waals surface area (Å²) < 4.78 is 0. The van der Waals surface area contributed by atoms with Gasteiger partial charge in [0.2, 0.25) is 5.91 Å². The van der Waals surface area contributed by atoms with Gasteiger partial charge >= 0.3 is 0 Å². The predicted molar refractivity (Wildman–Crippen MR) is 102 cm³/mol. The van der Waals surface area contributed by atoms with Gasteiger partial charge in [-0.2, -0.15) is 0 Å². The number of anilines is 1. The van der Waals surface area contributed by atoms with Crippen molar-refractivity contribution in [1.29, 1.82) is 0 Å². The standard InChI is InChI=1S/C21H31N3O/c1-23-13-10-18-14-17(8-9-19(18)23)20(24-11-4-5-12-24)15-22-21(25)16-6-2-3-7-16/h8-9,14,16,20H,2-7,10-13,15H2,1H3,(H,22,25)/t20-/m1/s1. The molecule has 1 saturated carbocycles. The van der Waals surface area contributed by atoms with Crippen LogP contribution in [0.15, 0.2) is 18.2 Å². The Hall–Kier alpha value is -1.55. The van der Waals surface area contributed by atoms with Crippen LogP contribution in [-0.4, -0.2) is 44.0 Å². The zero-order valence-electron chi connectivity index (χ0n) is 15.5. The van der Waals surface area contributed by atoms with Crippen molar-refractivity contribution in [2.75, 3.05) is 38.1 Å². The molecule has 0 bridgehead atoms. The quantitative estimate of drug-likeness (QED) is 0.894. The Morgan fingerprint density at radius 2 is 1.92 bits per heavy atom. The number of fused-ring (bicyclic) bond motifs is 1. The number of benzene rings is 1. The van der Waals surface area contributed by atoms with Crippen molar-refractivity contribution < 1.29 is 4.79 Å². The maximum Gasteiger partial charge on any atom is 0.223 e. The molecule has 2 fully saturated rings. The molecular weight excluding hydrogens is 310 g/mol. The molecule has 4 heteroatoms. The number of carbonyl (C=O) groups is 1. The van der Waals surface area contributed by atoms with Gasteiger partial charge in [-0.3, -0.25) is 9.69 Å². The Labute approximate surface area is 151 Å². The molecule has 0 spiro atoms. The lowest BCUT2D eigenvalue weighted by Crippen LogP contribution is -2.38. The Morgan fingerprint density at radius 3 is 2.68 bits per heavy atom. The SMILES string of the molecule is CN1CCc2cc([C@@H](CNC(=O)C3CCCC3)N3CCCC3)ccc21. The first kappa shape index (κ1) is 16.9. The molecular formula is C21H31N3O. The lowest BCUT2D eigenvalue weighted by molar-refractivity contribution is -0.125. The van der Waals surface area contributed by atoms with Crippen molar-refractivity contribution >= 4 is 11.6 Å². The summed E-state index contributed by atoms with van der Waals surface area (Å²) in [6.45, 7) is 4.18. The molecule has 0 radical (unpaired) electrons. The van der Waals surface area contributed by atoms with Crippen LogP contribution in [0.3, 0.4) is 0 Å². The Bertz CT molecular complexity index is 618. The Balaban J connectivity index is 1.49. The van der Waals surface area contributed by atoms with E-state index in [1.54, 1.807) is 0 Å². The molecule has 1 atom stereocenters. The summed E-state index contributed by atoms with van der Waals surface area (Å²) in [6, 6.07) is 7.28. The number of hydrogen-bond donors (Lipinski definition) is 1. The number of amides is 1. The molecule has 136 valence electrons. The van der Waals surface area contributed by atoms with Crippen molar-refractivity contribution in [2.45, 2.75) is 51.0 Å². The van der Waals surface area contributed by atoms with E-state index in [1.807, 2.05) is 0 Å². The van der Waals surface area contributed by atoms with E-state index in [2.05, 4.69) is 40.4 Å². The minimum absolute atomic E-state index is 0.257. The first-order valence-corrected chi connectivity index (χ1v) is 10.1. The summed E-state index contributed by atoms with van der Waals surface area (Å²) in [5, 5.41) is 3.29. The van der Waals surface area contributed by atoms with Crippen molar-refractivity contribution in [3.63, 3.8) is 0 Å². The third kappa shape index (κ3) is 3.55. The number of likely N-dealkylation sites (N-methyl/N-ethyl adjacent to an activating group) is 1. The van der Waals surface area contributed by atoms with Gasteiger partial charge in [-0.1, -0.05) is 25.0 Å². The van der Waals surface area contributed by atoms with E-state index in [0.29, 0.717) is 6.04 Å². The highest BCUT2D eigenvalue weighted by Gasteiger charge is 2.28. The number of carbonyl (C=O) groups excluding carboxylic acids is 1. The van der Waals surface area contributed by atoms with E-state index in [0.717, 1.165) is 45.4 Å². The van der Waals surface area contributed by atoms with Gasteiger partial charge in [0.15, 0.2) is 0 Å². The molecule has 1 aromatic carbocycles. The van der Waals surface area contributed by atoms with Crippen molar-refractivity contribution in [2.24, 2.45) is 5.92 Å². The fourth-order valence-corrected chi connectivity index (χ4v) is 4.83. The third-order valence-corrected chi connectivity index (χ3v) is 6.39. The first-order chi connectivity index (χ1) is 12.2. The average molecular weight is 341 g/mol. The van der Waals surface area contributed by atoms with E-state index < -0.39 is 0 Å². The molecule has 0 unspecified atom stereocenters. The molecule has 1 N–H and O–H groups in total. The van der Waals surface area contributed by atoms with Crippen LogP contribution >= 0.6 is 0 Å². The smallest absolute Gasteiger partial charge is 0.223 e. The third-order valence-electron chi connectivity index (χ3n) is 6.39. The van der Waals surface area contributed by atoms with Crippen LogP contribution in [0.1, 0.15) is 55.7 Å². The first-order valence-electron chi connectivity index (χ1n) is 10.1. The summed E-state index contributed by atoms with van der Waals surface area (Å²) in [6.07, 6.45) is 8.27. The monoisotopic (exact) mass is 341 g/mol. The van der Waals surface area contributed by atoms with Crippen molar-refractivity contribution in [1.82, 2.24) is 10.2 Å². The molecule has 4 nitrogen and oxygen atoms in total. The fourth-order valence-electron chi connectivity index (χ4n) is 4.83. The number of hydrogen-bond acceptors (Lipinski definition) is 3. The summed E-state index contributed by atoms with van der Waals surface area (Å²) in [5.41, 5.74) is 4.22. The largest absolute Gasteiger partial charge is 0.374 e. The van der Waals surface area contributed by atoms with E-state index in [-0.39, 0.29) is 11.8 Å². The second-order valence-corrected chi connectivity index (χ2v) is 8.05. The summed E-state index contributed by atoms with van der Waals surface area (Å²) >= 11 is 0.